The maximum Gasteiger partial charge on any atom is 0.355 e. The quantitative estimate of drug-likeness (QED) is 0.893. The van der Waals surface area contributed by atoms with E-state index in [9.17, 15) is 9.59 Å². The highest BCUT2D eigenvalue weighted by atomic mass is 32.1. The van der Waals surface area contributed by atoms with Crippen LogP contribution in [0.5, 0.6) is 0 Å². The number of aromatic nitrogens is 2. The minimum Gasteiger partial charge on any atom is -0.476 e. The lowest BCUT2D eigenvalue weighted by Gasteiger charge is -2.12. The van der Waals surface area contributed by atoms with Gasteiger partial charge in [-0.05, 0) is 20.8 Å². The zero-order valence-corrected chi connectivity index (χ0v) is 11.9. The first kappa shape index (κ1) is 14.2. The molecular formula is C12H13N3O4S. The van der Waals surface area contributed by atoms with Crippen LogP contribution >= 0.6 is 11.3 Å². The van der Waals surface area contributed by atoms with Crippen LogP contribution in [0, 0.1) is 13.8 Å². The van der Waals surface area contributed by atoms with Gasteiger partial charge in [0.05, 0.1) is 11.7 Å². The number of hydrogen-bond donors (Lipinski definition) is 2. The van der Waals surface area contributed by atoms with Crippen molar-refractivity contribution in [2.75, 3.05) is 0 Å². The summed E-state index contributed by atoms with van der Waals surface area (Å²) in [6, 6.07) is -0.300. The molecular weight excluding hydrogens is 282 g/mol. The van der Waals surface area contributed by atoms with E-state index in [0.29, 0.717) is 11.5 Å². The molecule has 2 aromatic rings. The van der Waals surface area contributed by atoms with Crippen molar-refractivity contribution < 1.29 is 19.2 Å². The van der Waals surface area contributed by atoms with Crippen molar-refractivity contribution in [1.82, 2.24) is 15.5 Å². The van der Waals surface area contributed by atoms with Crippen LogP contribution in [-0.4, -0.2) is 27.1 Å². The van der Waals surface area contributed by atoms with Gasteiger partial charge in [0.1, 0.15) is 5.76 Å². The molecule has 2 heterocycles. The van der Waals surface area contributed by atoms with Gasteiger partial charge in [-0.15, -0.1) is 11.3 Å². The lowest BCUT2D eigenvalue weighted by molar-refractivity contribution is 0.0691. The number of aromatic carboxylic acids is 1. The highest BCUT2D eigenvalue weighted by molar-refractivity contribution is 7.11. The Labute approximate surface area is 118 Å². The first-order valence-corrected chi connectivity index (χ1v) is 6.70. The van der Waals surface area contributed by atoms with Gasteiger partial charge in [0.25, 0.3) is 5.91 Å². The van der Waals surface area contributed by atoms with Gasteiger partial charge < -0.3 is 14.9 Å². The fourth-order valence-electron chi connectivity index (χ4n) is 1.92. The van der Waals surface area contributed by atoms with Crippen LogP contribution in [0.3, 0.4) is 0 Å². The van der Waals surface area contributed by atoms with E-state index in [2.05, 4.69) is 15.5 Å². The Hall–Kier alpha value is -2.22. The summed E-state index contributed by atoms with van der Waals surface area (Å²) in [6.07, 6.45) is 0. The van der Waals surface area contributed by atoms with Crippen molar-refractivity contribution in [2.24, 2.45) is 0 Å². The van der Waals surface area contributed by atoms with Gasteiger partial charge in [0.2, 0.25) is 0 Å². The van der Waals surface area contributed by atoms with Gasteiger partial charge >= 0.3 is 5.97 Å². The second-order valence-electron chi connectivity index (χ2n) is 4.28. The third kappa shape index (κ3) is 2.69. The molecule has 1 unspecified atom stereocenters. The van der Waals surface area contributed by atoms with Crippen LogP contribution < -0.4 is 5.32 Å². The maximum absolute atomic E-state index is 12.0. The molecule has 1 atom stereocenters. The van der Waals surface area contributed by atoms with E-state index >= 15 is 0 Å². The Kier molecular flexibility index (Phi) is 3.84. The Morgan fingerprint density at radius 2 is 2.15 bits per heavy atom. The number of carboxylic acids is 1. The highest BCUT2D eigenvalue weighted by Crippen LogP contribution is 2.21. The molecule has 2 aromatic heterocycles. The Morgan fingerprint density at radius 3 is 2.65 bits per heavy atom. The van der Waals surface area contributed by atoms with Crippen LogP contribution in [0.1, 0.15) is 50.3 Å². The van der Waals surface area contributed by atoms with E-state index in [4.69, 9.17) is 9.63 Å². The Balaban J connectivity index is 2.13. The zero-order valence-electron chi connectivity index (χ0n) is 11.1. The number of nitrogens with one attached hydrogen (secondary N) is 1. The summed E-state index contributed by atoms with van der Waals surface area (Å²) in [5.41, 5.74) is 1.39. The summed E-state index contributed by atoms with van der Waals surface area (Å²) in [5, 5.41) is 16.8. The predicted molar refractivity (Wildman–Crippen MR) is 70.9 cm³/mol. The van der Waals surface area contributed by atoms with Crippen LogP contribution in [-0.2, 0) is 0 Å². The molecule has 0 saturated carbocycles. The van der Waals surface area contributed by atoms with Crippen molar-refractivity contribution in [1.29, 1.82) is 0 Å². The SMILES string of the molecule is Cc1noc(C)c1C(C)NC(=O)c1nc(C(=O)O)cs1. The molecule has 0 aliphatic heterocycles. The number of carboxylic acid groups (broad SMARTS) is 1. The first-order valence-electron chi connectivity index (χ1n) is 5.82. The summed E-state index contributed by atoms with van der Waals surface area (Å²) in [6.45, 7) is 5.36. The second kappa shape index (κ2) is 5.41. The predicted octanol–water partition coefficient (Wildman–Crippen LogP) is 1.94. The third-order valence-corrected chi connectivity index (χ3v) is 3.63. The van der Waals surface area contributed by atoms with Crippen LogP contribution in [0.2, 0.25) is 0 Å². The van der Waals surface area contributed by atoms with Crippen LogP contribution in [0.4, 0.5) is 0 Å². The van der Waals surface area contributed by atoms with Gasteiger partial charge in [-0.1, -0.05) is 5.16 Å². The summed E-state index contributed by atoms with van der Waals surface area (Å²) in [4.78, 5) is 26.5. The molecule has 0 aliphatic carbocycles. The number of amides is 1. The molecule has 0 aromatic carbocycles. The molecule has 0 saturated heterocycles. The van der Waals surface area contributed by atoms with E-state index in [1.165, 1.54) is 5.38 Å². The maximum atomic E-state index is 12.0. The smallest absolute Gasteiger partial charge is 0.355 e. The number of nitrogens with zero attached hydrogens (tertiary/aromatic N) is 2. The first-order chi connectivity index (χ1) is 9.40. The summed E-state index contributed by atoms with van der Waals surface area (Å²) >= 11 is 0.991. The molecule has 2 N–H and O–H groups in total. The van der Waals surface area contributed by atoms with Gasteiger partial charge in [0, 0.05) is 10.9 Å². The molecule has 0 fully saturated rings. The van der Waals surface area contributed by atoms with Gasteiger partial charge in [-0.3, -0.25) is 4.79 Å². The summed E-state index contributed by atoms with van der Waals surface area (Å²) in [5.74, 6) is -0.935. The number of rotatable bonds is 4. The van der Waals surface area contributed by atoms with Crippen molar-refractivity contribution >= 4 is 23.2 Å². The minimum atomic E-state index is -1.15. The molecule has 0 spiro atoms. The van der Waals surface area contributed by atoms with Crippen molar-refractivity contribution in [2.45, 2.75) is 26.8 Å². The molecule has 7 nitrogen and oxygen atoms in total. The topological polar surface area (TPSA) is 105 Å². The lowest BCUT2D eigenvalue weighted by atomic mass is 10.1. The molecule has 0 bridgehead atoms. The van der Waals surface area contributed by atoms with E-state index in [0.717, 1.165) is 16.9 Å². The molecule has 2 rings (SSSR count). The van der Waals surface area contributed by atoms with E-state index in [1.807, 2.05) is 0 Å². The third-order valence-electron chi connectivity index (χ3n) is 2.79. The largest absolute Gasteiger partial charge is 0.476 e. The van der Waals surface area contributed by atoms with E-state index in [-0.39, 0.29) is 16.7 Å². The number of hydrogen-bond acceptors (Lipinski definition) is 6. The Bertz CT molecular complexity index is 642. The van der Waals surface area contributed by atoms with Crippen molar-refractivity contribution in [3.63, 3.8) is 0 Å². The number of carbonyl (C=O) groups excluding carboxylic acids is 1. The monoisotopic (exact) mass is 295 g/mol. The van der Waals surface area contributed by atoms with Gasteiger partial charge in [-0.25, -0.2) is 9.78 Å². The Morgan fingerprint density at radius 1 is 1.45 bits per heavy atom. The lowest BCUT2D eigenvalue weighted by Crippen LogP contribution is -2.27. The van der Waals surface area contributed by atoms with Crippen LogP contribution in [0.15, 0.2) is 9.90 Å². The zero-order chi connectivity index (χ0) is 14.9. The van der Waals surface area contributed by atoms with Crippen LogP contribution in [0.25, 0.3) is 0 Å². The minimum absolute atomic E-state index is 0.112. The van der Waals surface area contributed by atoms with E-state index in [1.54, 1.807) is 20.8 Å². The van der Waals surface area contributed by atoms with Crippen molar-refractivity contribution in [3.8, 4) is 0 Å². The number of thiazole rings is 1. The van der Waals surface area contributed by atoms with Gasteiger partial charge in [-0.2, -0.15) is 0 Å². The fraction of sp³-hybridized carbons (Fsp3) is 0.333. The molecule has 0 radical (unpaired) electrons. The average molecular weight is 295 g/mol. The molecule has 106 valence electrons. The van der Waals surface area contributed by atoms with Gasteiger partial charge in [0.15, 0.2) is 10.7 Å². The fourth-order valence-corrected chi connectivity index (χ4v) is 2.61. The number of carbonyl (C=O) groups is 2. The average Bonchev–Trinajstić information content (AvgIpc) is 2.96. The number of aryl methyl sites for hydroxylation is 2. The molecule has 1 amide bonds. The second-order valence-corrected chi connectivity index (χ2v) is 5.13. The molecule has 8 heteroatoms. The summed E-state index contributed by atoms with van der Waals surface area (Å²) in [7, 11) is 0. The molecule has 0 aliphatic rings. The highest BCUT2D eigenvalue weighted by Gasteiger charge is 2.21. The molecule has 20 heavy (non-hydrogen) atoms. The van der Waals surface area contributed by atoms with Crippen molar-refractivity contribution in [3.05, 3.63) is 33.1 Å². The standard InChI is InChI=1S/C12H13N3O4S/c1-5(9-6(2)15-19-7(9)3)13-10(16)11-14-8(4-20-11)12(17)18/h4-5H,1-3H3,(H,13,16)(H,17,18). The normalized spacial score (nSPS) is 12.2. The van der Waals surface area contributed by atoms with E-state index < -0.39 is 11.9 Å². The summed E-state index contributed by atoms with van der Waals surface area (Å²) < 4.78 is 5.05.